The highest BCUT2D eigenvalue weighted by Gasteiger charge is 2.33. The van der Waals surface area contributed by atoms with Gasteiger partial charge in [-0.15, -0.1) is 6.42 Å². The van der Waals surface area contributed by atoms with Crippen molar-refractivity contribution in [3.63, 3.8) is 0 Å². The molecular weight excluding hydrogens is 438 g/mol. The highest BCUT2D eigenvalue weighted by Crippen LogP contribution is 2.42. The van der Waals surface area contributed by atoms with Gasteiger partial charge in [0.15, 0.2) is 6.10 Å². The van der Waals surface area contributed by atoms with Gasteiger partial charge in [-0.25, -0.2) is 4.79 Å². The molecular formula is C30H31NO4. The maximum absolute atomic E-state index is 12.5. The number of aryl methyl sites for hydroxylation is 2. The molecule has 1 atom stereocenters. The standard InChI is InChI=1S/C30H31NO4/c1-7-20-10-8-11-23(16-20)27-18(2)25(22-13-14-24-21(17-22)12-9-15-34-24)26(19(3)31-27)28(29(32)33)35-30(4,5)6/h1,8,10-11,13-14,16-17,28H,9,12,15H2,2-6H3,(H,32,33)/t28-/m0/s1. The molecule has 4 rings (SSSR count). The second-order valence-electron chi connectivity index (χ2n) is 9.91. The Bertz CT molecular complexity index is 1330. The third-order valence-electron chi connectivity index (χ3n) is 6.13. The van der Waals surface area contributed by atoms with Gasteiger partial charge in [-0.3, -0.25) is 4.98 Å². The van der Waals surface area contributed by atoms with Gasteiger partial charge in [-0.05, 0) is 94.0 Å². The summed E-state index contributed by atoms with van der Waals surface area (Å²) in [5, 5.41) is 10.2. The first-order chi connectivity index (χ1) is 16.6. The number of rotatable bonds is 5. The highest BCUT2D eigenvalue weighted by molar-refractivity contribution is 5.85. The number of carbonyl (C=O) groups is 1. The molecule has 2 heterocycles. The monoisotopic (exact) mass is 469 g/mol. The van der Waals surface area contributed by atoms with Crippen LogP contribution in [0.2, 0.25) is 0 Å². The fourth-order valence-electron chi connectivity index (χ4n) is 4.65. The number of benzene rings is 2. The summed E-state index contributed by atoms with van der Waals surface area (Å²) in [6, 6.07) is 13.8. The SMILES string of the molecule is C#Cc1cccc(-c2nc(C)c([C@H](OC(C)(C)C)C(=O)O)c(-c3ccc4c(c3)CCCO4)c2C)c1. The number of hydrogen-bond donors (Lipinski definition) is 1. The van der Waals surface area contributed by atoms with E-state index >= 15 is 0 Å². The fraction of sp³-hybridized carbons (Fsp3) is 0.333. The minimum absolute atomic E-state index is 0.568. The molecule has 0 fully saturated rings. The van der Waals surface area contributed by atoms with Gasteiger partial charge in [0, 0.05) is 22.4 Å². The Labute approximate surface area is 207 Å². The normalized spacial score (nSPS) is 13.9. The molecule has 5 nitrogen and oxygen atoms in total. The minimum Gasteiger partial charge on any atom is -0.493 e. The zero-order valence-corrected chi connectivity index (χ0v) is 20.9. The zero-order valence-electron chi connectivity index (χ0n) is 20.9. The van der Waals surface area contributed by atoms with Crippen molar-refractivity contribution in [2.24, 2.45) is 0 Å². The number of aromatic nitrogens is 1. The first-order valence-corrected chi connectivity index (χ1v) is 11.8. The van der Waals surface area contributed by atoms with Crippen molar-refractivity contribution in [2.45, 2.75) is 59.2 Å². The van der Waals surface area contributed by atoms with Crippen LogP contribution in [0, 0.1) is 26.2 Å². The lowest BCUT2D eigenvalue weighted by atomic mass is 9.87. The molecule has 35 heavy (non-hydrogen) atoms. The Morgan fingerprint density at radius 1 is 1.17 bits per heavy atom. The van der Waals surface area contributed by atoms with Gasteiger partial charge < -0.3 is 14.6 Å². The van der Waals surface area contributed by atoms with Gasteiger partial charge in [0.1, 0.15) is 5.75 Å². The topological polar surface area (TPSA) is 68.7 Å². The van der Waals surface area contributed by atoms with Crippen LogP contribution in [-0.2, 0) is 16.0 Å². The molecule has 1 N–H and O–H groups in total. The Morgan fingerprint density at radius 3 is 2.63 bits per heavy atom. The predicted octanol–water partition coefficient (Wildman–Crippen LogP) is 6.28. The van der Waals surface area contributed by atoms with Crippen LogP contribution in [0.15, 0.2) is 42.5 Å². The van der Waals surface area contributed by atoms with Crippen LogP contribution in [0.5, 0.6) is 5.75 Å². The lowest BCUT2D eigenvalue weighted by molar-refractivity contribution is -0.160. The Morgan fingerprint density at radius 2 is 1.94 bits per heavy atom. The first kappa shape index (κ1) is 24.5. The van der Waals surface area contributed by atoms with E-state index in [1.165, 1.54) is 0 Å². The molecule has 0 aliphatic carbocycles. The van der Waals surface area contributed by atoms with Crippen molar-refractivity contribution in [1.29, 1.82) is 0 Å². The van der Waals surface area contributed by atoms with E-state index in [1.54, 1.807) is 0 Å². The lowest BCUT2D eigenvalue weighted by Gasteiger charge is -2.29. The summed E-state index contributed by atoms with van der Waals surface area (Å²) in [4.78, 5) is 17.4. The first-order valence-electron chi connectivity index (χ1n) is 11.8. The number of fused-ring (bicyclic) bond motifs is 1. The van der Waals surface area contributed by atoms with Crippen molar-refractivity contribution in [3.8, 4) is 40.5 Å². The summed E-state index contributed by atoms with van der Waals surface area (Å²) in [5.74, 6) is 2.52. The van der Waals surface area contributed by atoms with Crippen LogP contribution in [0.4, 0.5) is 0 Å². The summed E-state index contributed by atoms with van der Waals surface area (Å²) >= 11 is 0. The summed E-state index contributed by atoms with van der Waals surface area (Å²) < 4.78 is 11.9. The number of terminal acetylenes is 1. The van der Waals surface area contributed by atoms with Crippen LogP contribution in [0.3, 0.4) is 0 Å². The number of carboxylic acid groups (broad SMARTS) is 1. The molecule has 0 bridgehead atoms. The molecule has 1 aromatic heterocycles. The molecule has 0 unspecified atom stereocenters. The molecule has 0 saturated heterocycles. The van der Waals surface area contributed by atoms with E-state index < -0.39 is 17.7 Å². The van der Waals surface area contributed by atoms with Crippen molar-refractivity contribution in [2.75, 3.05) is 6.61 Å². The number of aliphatic carboxylic acids is 1. The minimum atomic E-state index is -1.17. The van der Waals surface area contributed by atoms with Gasteiger partial charge in [0.2, 0.25) is 0 Å². The molecule has 2 aromatic carbocycles. The van der Waals surface area contributed by atoms with E-state index in [9.17, 15) is 9.90 Å². The van der Waals surface area contributed by atoms with Gasteiger partial charge >= 0.3 is 5.97 Å². The third-order valence-corrected chi connectivity index (χ3v) is 6.13. The summed E-state index contributed by atoms with van der Waals surface area (Å²) in [6.45, 7) is 10.1. The average molecular weight is 470 g/mol. The Hall–Kier alpha value is -3.62. The summed E-state index contributed by atoms with van der Waals surface area (Å²) in [5.41, 5.74) is 6.67. The van der Waals surface area contributed by atoms with Crippen molar-refractivity contribution < 1.29 is 19.4 Å². The van der Waals surface area contributed by atoms with Crippen LogP contribution in [-0.4, -0.2) is 28.3 Å². The molecule has 1 aliphatic heterocycles. The van der Waals surface area contributed by atoms with Crippen LogP contribution in [0.25, 0.3) is 22.4 Å². The molecule has 0 radical (unpaired) electrons. The molecule has 0 saturated carbocycles. The molecule has 5 heteroatoms. The number of nitrogens with zero attached hydrogens (tertiary/aromatic N) is 1. The maximum atomic E-state index is 12.5. The second kappa shape index (κ2) is 9.56. The van der Waals surface area contributed by atoms with Crippen molar-refractivity contribution in [3.05, 3.63) is 70.4 Å². The average Bonchev–Trinajstić information content (AvgIpc) is 2.82. The van der Waals surface area contributed by atoms with E-state index in [4.69, 9.17) is 20.9 Å². The van der Waals surface area contributed by atoms with E-state index in [0.717, 1.165) is 57.7 Å². The maximum Gasteiger partial charge on any atom is 0.337 e. The zero-order chi connectivity index (χ0) is 25.3. The largest absolute Gasteiger partial charge is 0.493 e. The quantitative estimate of drug-likeness (QED) is 0.446. The van der Waals surface area contributed by atoms with Crippen LogP contribution >= 0.6 is 0 Å². The molecule has 0 spiro atoms. The smallest absolute Gasteiger partial charge is 0.337 e. The summed E-state index contributed by atoms with van der Waals surface area (Å²) in [6.07, 6.45) is 6.34. The van der Waals surface area contributed by atoms with Gasteiger partial charge in [0.05, 0.1) is 17.9 Å². The predicted molar refractivity (Wildman–Crippen MR) is 138 cm³/mol. The van der Waals surface area contributed by atoms with Gasteiger partial charge in [-0.2, -0.15) is 0 Å². The molecule has 3 aromatic rings. The number of carboxylic acids is 1. The number of hydrogen-bond acceptors (Lipinski definition) is 4. The fourth-order valence-corrected chi connectivity index (χ4v) is 4.65. The third kappa shape index (κ3) is 5.08. The van der Waals surface area contributed by atoms with Gasteiger partial charge in [0.25, 0.3) is 0 Å². The second-order valence-corrected chi connectivity index (χ2v) is 9.91. The van der Waals surface area contributed by atoms with E-state index in [0.29, 0.717) is 17.9 Å². The summed E-state index contributed by atoms with van der Waals surface area (Å²) in [7, 11) is 0. The Kier molecular flexibility index (Phi) is 6.69. The van der Waals surface area contributed by atoms with Crippen molar-refractivity contribution in [1.82, 2.24) is 4.98 Å². The van der Waals surface area contributed by atoms with Gasteiger partial charge in [-0.1, -0.05) is 24.1 Å². The molecule has 180 valence electrons. The Balaban J connectivity index is 2.02. The number of ether oxygens (including phenoxy) is 2. The number of pyridine rings is 1. The van der Waals surface area contributed by atoms with Crippen LogP contribution < -0.4 is 4.74 Å². The van der Waals surface area contributed by atoms with E-state index in [2.05, 4.69) is 12.0 Å². The highest BCUT2D eigenvalue weighted by atomic mass is 16.5. The van der Waals surface area contributed by atoms with E-state index in [1.807, 2.05) is 71.0 Å². The molecule has 1 aliphatic rings. The molecule has 0 amide bonds. The van der Waals surface area contributed by atoms with Crippen LogP contribution in [0.1, 0.15) is 61.2 Å². The van der Waals surface area contributed by atoms with E-state index in [-0.39, 0.29) is 0 Å². The van der Waals surface area contributed by atoms with Crippen molar-refractivity contribution >= 4 is 5.97 Å². The lowest BCUT2D eigenvalue weighted by Crippen LogP contribution is -2.28.